The number of hydrogen-bond donors (Lipinski definition) is 1. The number of rotatable bonds is 7. The van der Waals surface area contributed by atoms with Gasteiger partial charge in [0.1, 0.15) is 0 Å². The van der Waals surface area contributed by atoms with Crippen LogP contribution in [-0.2, 0) is 5.41 Å². The van der Waals surface area contributed by atoms with Crippen molar-refractivity contribution < 1.29 is 0 Å². The van der Waals surface area contributed by atoms with Gasteiger partial charge in [0.2, 0.25) is 0 Å². The van der Waals surface area contributed by atoms with Crippen molar-refractivity contribution in [2.24, 2.45) is 11.7 Å². The van der Waals surface area contributed by atoms with E-state index in [1.54, 1.807) is 0 Å². The summed E-state index contributed by atoms with van der Waals surface area (Å²) in [5, 5.41) is 0. The summed E-state index contributed by atoms with van der Waals surface area (Å²) in [6, 6.07) is 11.2. The van der Waals surface area contributed by atoms with Crippen LogP contribution in [0.2, 0.25) is 0 Å². The van der Waals surface area contributed by atoms with Gasteiger partial charge in [0.25, 0.3) is 0 Å². The summed E-state index contributed by atoms with van der Waals surface area (Å²) in [4.78, 5) is 0. The van der Waals surface area contributed by atoms with Crippen molar-refractivity contribution in [1.82, 2.24) is 0 Å². The first-order chi connectivity index (χ1) is 8.73. The maximum Gasteiger partial charge on any atom is 0.0136 e. The number of nitrogens with two attached hydrogens (primary N) is 1. The Morgan fingerprint density at radius 1 is 1.17 bits per heavy atom. The molecule has 0 spiro atoms. The van der Waals surface area contributed by atoms with Crippen LogP contribution >= 0.6 is 0 Å². The second-order valence-electron chi connectivity index (χ2n) is 5.86. The van der Waals surface area contributed by atoms with Crippen LogP contribution in [-0.4, -0.2) is 6.04 Å². The van der Waals surface area contributed by atoms with Crippen LogP contribution in [0.15, 0.2) is 30.3 Å². The van der Waals surface area contributed by atoms with Crippen molar-refractivity contribution >= 4 is 0 Å². The largest absolute Gasteiger partial charge is 0.327 e. The fraction of sp³-hybridized carbons (Fsp3) is 0.647. The van der Waals surface area contributed by atoms with Crippen LogP contribution in [0.4, 0.5) is 0 Å². The van der Waals surface area contributed by atoms with Gasteiger partial charge in [-0.3, -0.25) is 0 Å². The smallest absolute Gasteiger partial charge is 0.0136 e. The summed E-state index contributed by atoms with van der Waals surface area (Å²) < 4.78 is 0. The minimum Gasteiger partial charge on any atom is -0.327 e. The molecule has 0 radical (unpaired) electrons. The van der Waals surface area contributed by atoms with Gasteiger partial charge in [-0.15, -0.1) is 0 Å². The van der Waals surface area contributed by atoms with E-state index in [0.29, 0.717) is 6.04 Å². The average Bonchev–Trinajstić information content (AvgIpc) is 3.24. The van der Waals surface area contributed by atoms with Gasteiger partial charge in [-0.1, -0.05) is 57.0 Å². The number of hydrogen-bond acceptors (Lipinski definition) is 1. The van der Waals surface area contributed by atoms with E-state index in [-0.39, 0.29) is 5.41 Å². The molecule has 1 saturated carbocycles. The summed E-state index contributed by atoms with van der Waals surface area (Å²) in [5.74, 6) is 0.984. The Morgan fingerprint density at radius 3 is 2.28 bits per heavy atom. The van der Waals surface area contributed by atoms with Crippen molar-refractivity contribution in [2.45, 2.75) is 63.8 Å². The Balaban J connectivity index is 2.13. The third kappa shape index (κ3) is 2.77. The molecule has 1 atom stereocenters. The molecule has 0 amide bonds. The summed E-state index contributed by atoms with van der Waals surface area (Å²) in [6.07, 6.45) is 7.66. The Bertz CT molecular complexity index is 349. The van der Waals surface area contributed by atoms with Crippen LogP contribution < -0.4 is 5.73 Å². The first kappa shape index (κ1) is 13.6. The molecule has 0 saturated heterocycles. The van der Waals surface area contributed by atoms with Crippen molar-refractivity contribution in [3.05, 3.63) is 35.9 Å². The Labute approximate surface area is 112 Å². The molecule has 0 aromatic heterocycles. The second-order valence-corrected chi connectivity index (χ2v) is 5.86. The molecule has 0 heterocycles. The van der Waals surface area contributed by atoms with Gasteiger partial charge in [-0.25, -0.2) is 0 Å². The van der Waals surface area contributed by atoms with Gasteiger partial charge >= 0.3 is 0 Å². The Kier molecular flexibility index (Phi) is 4.45. The zero-order valence-corrected chi connectivity index (χ0v) is 11.9. The van der Waals surface area contributed by atoms with E-state index in [1.807, 2.05) is 0 Å². The number of benzene rings is 1. The highest BCUT2D eigenvalue weighted by Gasteiger charge is 2.35. The van der Waals surface area contributed by atoms with Crippen LogP contribution in [0.1, 0.15) is 57.9 Å². The van der Waals surface area contributed by atoms with E-state index in [1.165, 1.54) is 31.2 Å². The van der Waals surface area contributed by atoms with E-state index in [2.05, 4.69) is 44.2 Å². The molecule has 0 bridgehead atoms. The van der Waals surface area contributed by atoms with E-state index < -0.39 is 0 Å². The monoisotopic (exact) mass is 245 g/mol. The summed E-state index contributed by atoms with van der Waals surface area (Å²) in [7, 11) is 0. The highest BCUT2D eigenvalue weighted by Crippen LogP contribution is 2.39. The van der Waals surface area contributed by atoms with Gasteiger partial charge in [-0.2, -0.15) is 0 Å². The molecule has 1 heteroatoms. The van der Waals surface area contributed by atoms with E-state index >= 15 is 0 Å². The lowest BCUT2D eigenvalue weighted by Crippen LogP contribution is -2.44. The van der Waals surface area contributed by atoms with Crippen LogP contribution in [0.5, 0.6) is 0 Å². The lowest BCUT2D eigenvalue weighted by molar-refractivity contribution is 0.296. The molecule has 1 nitrogen and oxygen atoms in total. The van der Waals surface area contributed by atoms with E-state index in [4.69, 9.17) is 5.73 Å². The van der Waals surface area contributed by atoms with Gasteiger partial charge in [0, 0.05) is 11.5 Å². The fourth-order valence-electron chi connectivity index (χ4n) is 3.26. The summed E-state index contributed by atoms with van der Waals surface area (Å²) in [5.41, 5.74) is 8.19. The molecular formula is C17H27N. The minimum atomic E-state index is 0.177. The molecule has 1 aliphatic carbocycles. The highest BCUT2D eigenvalue weighted by atomic mass is 14.7. The standard InChI is InChI=1S/C17H27N/c1-3-17(4-2,15-8-6-5-7-9-15)16(18)13-12-14-10-11-14/h5-9,14,16H,3-4,10-13,18H2,1-2H3. The zero-order valence-electron chi connectivity index (χ0n) is 11.9. The SMILES string of the molecule is CCC(CC)(c1ccccc1)C(N)CCC1CC1. The third-order valence-electron chi connectivity index (χ3n) is 4.90. The van der Waals surface area contributed by atoms with E-state index in [0.717, 1.165) is 18.8 Å². The normalized spacial score (nSPS) is 17.7. The predicted molar refractivity (Wildman–Crippen MR) is 78.6 cm³/mol. The van der Waals surface area contributed by atoms with Crippen molar-refractivity contribution in [1.29, 1.82) is 0 Å². The second kappa shape index (κ2) is 5.88. The molecule has 1 aromatic carbocycles. The Hall–Kier alpha value is -0.820. The Morgan fingerprint density at radius 2 is 1.78 bits per heavy atom. The predicted octanol–water partition coefficient (Wildman–Crippen LogP) is 4.26. The molecule has 2 rings (SSSR count). The maximum atomic E-state index is 6.58. The first-order valence-electron chi connectivity index (χ1n) is 7.54. The quantitative estimate of drug-likeness (QED) is 0.763. The molecule has 1 aliphatic rings. The molecule has 100 valence electrons. The third-order valence-corrected chi connectivity index (χ3v) is 4.90. The highest BCUT2D eigenvalue weighted by molar-refractivity contribution is 5.27. The topological polar surface area (TPSA) is 26.0 Å². The van der Waals surface area contributed by atoms with E-state index in [9.17, 15) is 0 Å². The average molecular weight is 245 g/mol. The zero-order chi connectivity index (χ0) is 13.0. The lowest BCUT2D eigenvalue weighted by Gasteiger charge is -2.38. The molecule has 0 aliphatic heterocycles. The van der Waals surface area contributed by atoms with Gasteiger partial charge < -0.3 is 5.73 Å². The minimum absolute atomic E-state index is 0.177. The van der Waals surface area contributed by atoms with Gasteiger partial charge in [-0.05, 0) is 37.2 Å². The molecule has 1 aromatic rings. The first-order valence-corrected chi connectivity index (χ1v) is 7.54. The van der Waals surface area contributed by atoms with Crippen LogP contribution in [0, 0.1) is 5.92 Å². The van der Waals surface area contributed by atoms with Crippen molar-refractivity contribution in [3.63, 3.8) is 0 Å². The van der Waals surface area contributed by atoms with Crippen molar-refractivity contribution in [3.8, 4) is 0 Å². The van der Waals surface area contributed by atoms with Crippen LogP contribution in [0.3, 0.4) is 0 Å². The summed E-state index contributed by atoms with van der Waals surface area (Å²) in [6.45, 7) is 4.57. The van der Waals surface area contributed by atoms with Gasteiger partial charge in [0.15, 0.2) is 0 Å². The fourth-order valence-corrected chi connectivity index (χ4v) is 3.26. The molecule has 18 heavy (non-hydrogen) atoms. The summed E-state index contributed by atoms with van der Waals surface area (Å²) >= 11 is 0. The van der Waals surface area contributed by atoms with Crippen molar-refractivity contribution in [2.75, 3.05) is 0 Å². The molecule has 2 N–H and O–H groups in total. The molecule has 1 unspecified atom stereocenters. The molecular weight excluding hydrogens is 218 g/mol. The maximum absolute atomic E-state index is 6.58. The van der Waals surface area contributed by atoms with Gasteiger partial charge in [0.05, 0.1) is 0 Å². The van der Waals surface area contributed by atoms with Crippen LogP contribution in [0.25, 0.3) is 0 Å². The lowest BCUT2D eigenvalue weighted by atomic mass is 9.69. The molecule has 1 fully saturated rings.